The van der Waals surface area contributed by atoms with Gasteiger partial charge in [-0.05, 0) is 62.9 Å². The summed E-state index contributed by atoms with van der Waals surface area (Å²) in [6.45, 7) is 5.26. The van der Waals surface area contributed by atoms with Crippen molar-refractivity contribution in [2.75, 3.05) is 26.7 Å². The first kappa shape index (κ1) is 14.4. The van der Waals surface area contributed by atoms with Crippen molar-refractivity contribution in [2.45, 2.75) is 32.3 Å². The van der Waals surface area contributed by atoms with Crippen LogP contribution in [0.4, 0.5) is 0 Å². The third kappa shape index (κ3) is 4.22. The van der Waals surface area contributed by atoms with Crippen LogP contribution in [0, 0.1) is 5.92 Å². The number of ether oxygens (including phenoxy) is 1. The molecule has 1 unspecified atom stereocenters. The fourth-order valence-electron chi connectivity index (χ4n) is 2.74. The molecule has 3 heteroatoms. The minimum absolute atomic E-state index is 0.149. The van der Waals surface area contributed by atoms with E-state index in [4.69, 9.17) is 4.74 Å². The molecule has 19 heavy (non-hydrogen) atoms. The molecule has 0 radical (unpaired) electrons. The van der Waals surface area contributed by atoms with Crippen molar-refractivity contribution in [1.82, 2.24) is 4.90 Å². The molecule has 3 nitrogen and oxygen atoms in total. The van der Waals surface area contributed by atoms with Crippen LogP contribution in [0.15, 0.2) is 24.3 Å². The van der Waals surface area contributed by atoms with Crippen LogP contribution in [-0.4, -0.2) is 42.9 Å². The molecule has 0 aromatic heterocycles. The van der Waals surface area contributed by atoms with E-state index in [9.17, 15) is 5.11 Å². The molecule has 1 aliphatic heterocycles. The smallest absolute Gasteiger partial charge is 0.118 e. The number of nitrogens with zero attached hydrogens (tertiary/aromatic N) is 1. The van der Waals surface area contributed by atoms with Gasteiger partial charge in [0.05, 0.1) is 13.2 Å². The average Bonchev–Trinajstić information content (AvgIpc) is 2.46. The predicted molar refractivity (Wildman–Crippen MR) is 77.5 cm³/mol. The summed E-state index contributed by atoms with van der Waals surface area (Å²) in [4.78, 5) is 2.50. The molecular formula is C16H25NO2. The molecule has 2 rings (SSSR count). The molecule has 1 N–H and O–H groups in total. The SMILES string of the molecule is COc1ccc(CCN2CCC(C(C)O)CC2)cc1. The average molecular weight is 263 g/mol. The van der Waals surface area contributed by atoms with E-state index in [1.54, 1.807) is 7.11 Å². The Morgan fingerprint density at radius 1 is 1.26 bits per heavy atom. The molecule has 1 aromatic rings. The van der Waals surface area contributed by atoms with Crippen LogP contribution in [0.3, 0.4) is 0 Å². The maximum atomic E-state index is 9.59. The van der Waals surface area contributed by atoms with Crippen molar-refractivity contribution in [3.8, 4) is 5.75 Å². The van der Waals surface area contributed by atoms with E-state index in [1.807, 2.05) is 19.1 Å². The van der Waals surface area contributed by atoms with Crippen molar-refractivity contribution in [3.63, 3.8) is 0 Å². The van der Waals surface area contributed by atoms with E-state index in [-0.39, 0.29) is 6.10 Å². The Balaban J connectivity index is 1.74. The normalized spacial score (nSPS) is 19.3. The van der Waals surface area contributed by atoms with E-state index >= 15 is 0 Å². The second kappa shape index (κ2) is 6.92. The fourth-order valence-corrected chi connectivity index (χ4v) is 2.74. The number of methoxy groups -OCH3 is 1. The van der Waals surface area contributed by atoms with Gasteiger partial charge in [0.2, 0.25) is 0 Å². The Morgan fingerprint density at radius 2 is 1.89 bits per heavy atom. The van der Waals surface area contributed by atoms with E-state index in [1.165, 1.54) is 5.56 Å². The lowest BCUT2D eigenvalue weighted by molar-refractivity contribution is 0.0723. The molecule has 1 atom stereocenters. The zero-order chi connectivity index (χ0) is 13.7. The molecule has 1 aromatic carbocycles. The van der Waals surface area contributed by atoms with Crippen LogP contribution in [0.2, 0.25) is 0 Å². The molecule has 1 fully saturated rings. The summed E-state index contributed by atoms with van der Waals surface area (Å²) in [5.41, 5.74) is 1.36. The number of aliphatic hydroxyl groups excluding tert-OH is 1. The maximum absolute atomic E-state index is 9.59. The molecule has 0 bridgehead atoms. The van der Waals surface area contributed by atoms with E-state index < -0.39 is 0 Å². The molecule has 0 amide bonds. The minimum Gasteiger partial charge on any atom is -0.497 e. The molecule has 0 spiro atoms. The number of hydrogen-bond acceptors (Lipinski definition) is 3. The second-order valence-electron chi connectivity index (χ2n) is 5.52. The van der Waals surface area contributed by atoms with E-state index in [0.717, 1.165) is 44.6 Å². The van der Waals surface area contributed by atoms with Crippen LogP contribution in [0.5, 0.6) is 5.75 Å². The first-order chi connectivity index (χ1) is 9.19. The zero-order valence-electron chi connectivity index (χ0n) is 12.0. The van der Waals surface area contributed by atoms with Crippen LogP contribution < -0.4 is 4.74 Å². The van der Waals surface area contributed by atoms with Gasteiger partial charge < -0.3 is 14.7 Å². The summed E-state index contributed by atoms with van der Waals surface area (Å²) in [5, 5.41) is 9.59. The third-order valence-electron chi connectivity index (χ3n) is 4.19. The number of hydrogen-bond donors (Lipinski definition) is 1. The third-order valence-corrected chi connectivity index (χ3v) is 4.19. The van der Waals surface area contributed by atoms with Crippen molar-refractivity contribution >= 4 is 0 Å². The van der Waals surface area contributed by atoms with E-state index in [0.29, 0.717) is 5.92 Å². The highest BCUT2D eigenvalue weighted by Gasteiger charge is 2.22. The molecule has 0 aliphatic carbocycles. The quantitative estimate of drug-likeness (QED) is 0.885. The van der Waals surface area contributed by atoms with Gasteiger partial charge in [0, 0.05) is 6.54 Å². The Kier molecular flexibility index (Phi) is 5.23. The van der Waals surface area contributed by atoms with Gasteiger partial charge in [0.15, 0.2) is 0 Å². The van der Waals surface area contributed by atoms with Gasteiger partial charge in [-0.1, -0.05) is 12.1 Å². The summed E-state index contributed by atoms with van der Waals surface area (Å²) >= 11 is 0. The predicted octanol–water partition coefficient (Wildman–Crippen LogP) is 2.33. The number of piperidine rings is 1. The second-order valence-corrected chi connectivity index (χ2v) is 5.52. The standard InChI is InChI=1S/C16H25NO2/c1-13(18)15-8-11-17(12-9-15)10-7-14-3-5-16(19-2)6-4-14/h3-6,13,15,18H,7-12H2,1-2H3. The molecule has 1 saturated heterocycles. The van der Waals surface area contributed by atoms with Crippen molar-refractivity contribution in [1.29, 1.82) is 0 Å². The van der Waals surface area contributed by atoms with Crippen LogP contribution >= 0.6 is 0 Å². The van der Waals surface area contributed by atoms with Gasteiger partial charge in [-0.15, -0.1) is 0 Å². The van der Waals surface area contributed by atoms with Gasteiger partial charge >= 0.3 is 0 Å². The van der Waals surface area contributed by atoms with Gasteiger partial charge in [-0.25, -0.2) is 0 Å². The summed E-state index contributed by atoms with van der Waals surface area (Å²) in [6, 6.07) is 8.33. The molecule has 1 aliphatic rings. The first-order valence-corrected chi connectivity index (χ1v) is 7.22. The molecule has 0 saturated carbocycles. The van der Waals surface area contributed by atoms with Crippen molar-refractivity contribution in [2.24, 2.45) is 5.92 Å². The lowest BCUT2D eigenvalue weighted by Gasteiger charge is -2.33. The number of aliphatic hydroxyl groups is 1. The van der Waals surface area contributed by atoms with Crippen LogP contribution in [0.25, 0.3) is 0 Å². The maximum Gasteiger partial charge on any atom is 0.118 e. The number of benzene rings is 1. The van der Waals surface area contributed by atoms with E-state index in [2.05, 4.69) is 17.0 Å². The largest absolute Gasteiger partial charge is 0.497 e. The number of likely N-dealkylation sites (tertiary alicyclic amines) is 1. The monoisotopic (exact) mass is 263 g/mol. The summed E-state index contributed by atoms with van der Waals surface area (Å²) in [6.07, 6.45) is 3.19. The summed E-state index contributed by atoms with van der Waals surface area (Å²) < 4.78 is 5.16. The topological polar surface area (TPSA) is 32.7 Å². The van der Waals surface area contributed by atoms with Gasteiger partial charge in [0.1, 0.15) is 5.75 Å². The van der Waals surface area contributed by atoms with Crippen molar-refractivity contribution in [3.05, 3.63) is 29.8 Å². The lowest BCUT2D eigenvalue weighted by Crippen LogP contribution is -2.38. The highest BCUT2D eigenvalue weighted by Crippen LogP contribution is 2.20. The molecular weight excluding hydrogens is 238 g/mol. The highest BCUT2D eigenvalue weighted by molar-refractivity contribution is 5.27. The lowest BCUT2D eigenvalue weighted by atomic mass is 9.92. The van der Waals surface area contributed by atoms with Crippen LogP contribution in [0.1, 0.15) is 25.3 Å². The Morgan fingerprint density at radius 3 is 2.42 bits per heavy atom. The fraction of sp³-hybridized carbons (Fsp3) is 0.625. The Hall–Kier alpha value is -1.06. The Labute approximate surface area is 116 Å². The molecule has 1 heterocycles. The summed E-state index contributed by atoms with van der Waals surface area (Å²) in [5.74, 6) is 1.42. The molecule has 106 valence electrons. The minimum atomic E-state index is -0.149. The van der Waals surface area contributed by atoms with Crippen LogP contribution in [-0.2, 0) is 6.42 Å². The highest BCUT2D eigenvalue weighted by atomic mass is 16.5. The number of rotatable bonds is 5. The van der Waals surface area contributed by atoms with Crippen molar-refractivity contribution < 1.29 is 9.84 Å². The Bertz CT molecular complexity index is 367. The van der Waals surface area contributed by atoms with Gasteiger partial charge in [-0.3, -0.25) is 0 Å². The zero-order valence-corrected chi connectivity index (χ0v) is 12.0. The summed E-state index contributed by atoms with van der Waals surface area (Å²) in [7, 11) is 1.70. The first-order valence-electron chi connectivity index (χ1n) is 7.22. The van der Waals surface area contributed by atoms with Gasteiger partial charge in [0.25, 0.3) is 0 Å². The van der Waals surface area contributed by atoms with Gasteiger partial charge in [-0.2, -0.15) is 0 Å².